The lowest BCUT2D eigenvalue weighted by molar-refractivity contribution is -0.143. The molecule has 0 aliphatic heterocycles. The van der Waals surface area contributed by atoms with Crippen LogP contribution in [0.25, 0.3) is 0 Å². The number of anilines is 1. The van der Waals surface area contributed by atoms with Crippen LogP contribution in [-0.4, -0.2) is 55.0 Å². The number of nitrogens with two attached hydrogens (primary N) is 1. The molecule has 1 aromatic rings. The van der Waals surface area contributed by atoms with Gasteiger partial charge in [-0.2, -0.15) is 0 Å². The van der Waals surface area contributed by atoms with E-state index in [9.17, 15) is 24.0 Å². The second-order valence-electron chi connectivity index (χ2n) is 9.47. The fourth-order valence-corrected chi connectivity index (χ4v) is 4.07. The number of carbonyl (C=O) groups excluding carboxylic acids is 5. The first-order valence-electron chi connectivity index (χ1n) is 13.3. The van der Waals surface area contributed by atoms with E-state index in [4.69, 9.17) is 10.5 Å². The van der Waals surface area contributed by atoms with Gasteiger partial charge in [-0.05, 0) is 56.2 Å². The van der Waals surface area contributed by atoms with Gasteiger partial charge in [0.1, 0.15) is 12.1 Å². The van der Waals surface area contributed by atoms with E-state index in [-0.39, 0.29) is 37.2 Å². The van der Waals surface area contributed by atoms with Crippen LogP contribution in [0.2, 0.25) is 0 Å². The van der Waals surface area contributed by atoms with Gasteiger partial charge in [0.15, 0.2) is 0 Å². The van der Waals surface area contributed by atoms with E-state index in [1.807, 2.05) is 12.1 Å². The van der Waals surface area contributed by atoms with Gasteiger partial charge in [-0.1, -0.05) is 48.3 Å². The Bertz CT molecular complexity index is 941. The Morgan fingerprint density at radius 3 is 2.18 bits per heavy atom. The van der Waals surface area contributed by atoms with Crippen LogP contribution in [0.5, 0.6) is 0 Å². The third-order valence-corrected chi connectivity index (χ3v) is 6.48. The molecule has 6 N–H and O–H groups in total. The Balaban J connectivity index is 2.74. The first kappa shape index (κ1) is 33.9. The molecule has 0 aliphatic carbocycles. The Labute approximate surface area is 238 Å². The van der Waals surface area contributed by atoms with Gasteiger partial charge in [-0.3, -0.25) is 19.2 Å². The largest absolute Gasteiger partial charge is 0.466 e. The zero-order valence-electron chi connectivity index (χ0n) is 23.0. The number of benzene rings is 1. The van der Waals surface area contributed by atoms with Crippen molar-refractivity contribution in [3.8, 4) is 0 Å². The fraction of sp³-hybridized carbons (Fsp3) is 0.593. The highest BCUT2D eigenvalue weighted by Crippen LogP contribution is 2.14. The number of rotatable bonds is 18. The number of alkyl halides is 1. The summed E-state index contributed by atoms with van der Waals surface area (Å²) in [7, 11) is 0. The lowest BCUT2D eigenvalue weighted by Gasteiger charge is -2.25. The number of primary amides is 1. The summed E-state index contributed by atoms with van der Waals surface area (Å²) in [6.07, 6.45) is 3.05. The quantitative estimate of drug-likeness (QED) is 0.0970. The topological polar surface area (TPSA) is 169 Å². The van der Waals surface area contributed by atoms with Crippen molar-refractivity contribution in [3.63, 3.8) is 0 Å². The molecule has 0 spiro atoms. The van der Waals surface area contributed by atoms with Crippen LogP contribution in [-0.2, 0) is 29.2 Å². The molecule has 0 saturated heterocycles. The maximum Gasteiger partial charge on any atom is 0.312 e. The number of unbranched alkanes of at least 4 members (excludes halogenated alkanes) is 2. The van der Waals surface area contributed by atoms with E-state index in [2.05, 4.69) is 37.2 Å². The molecule has 1 rings (SSSR count). The van der Waals surface area contributed by atoms with Crippen molar-refractivity contribution in [1.82, 2.24) is 16.0 Å². The van der Waals surface area contributed by atoms with E-state index in [1.165, 1.54) is 0 Å². The second kappa shape index (κ2) is 19.0. The van der Waals surface area contributed by atoms with E-state index in [0.29, 0.717) is 49.7 Å². The van der Waals surface area contributed by atoms with Crippen molar-refractivity contribution in [2.24, 2.45) is 11.7 Å². The van der Waals surface area contributed by atoms with Gasteiger partial charge in [0.05, 0.1) is 6.61 Å². The lowest BCUT2D eigenvalue weighted by atomic mass is 10.0. The van der Waals surface area contributed by atoms with E-state index < -0.39 is 29.9 Å². The Morgan fingerprint density at radius 2 is 1.59 bits per heavy atom. The molecular weight excluding hydrogens is 570 g/mol. The van der Waals surface area contributed by atoms with E-state index in [0.717, 1.165) is 5.56 Å². The van der Waals surface area contributed by atoms with Crippen molar-refractivity contribution in [2.45, 2.75) is 83.1 Å². The van der Waals surface area contributed by atoms with Gasteiger partial charge in [0.2, 0.25) is 17.7 Å². The number of carbonyl (C=O) groups is 5. The summed E-state index contributed by atoms with van der Waals surface area (Å²) in [5.74, 6) is -1.64. The number of esters is 1. The van der Waals surface area contributed by atoms with Crippen molar-refractivity contribution in [1.29, 1.82) is 0 Å². The highest BCUT2D eigenvalue weighted by Gasteiger charge is 2.28. The lowest BCUT2D eigenvalue weighted by Crippen LogP contribution is -2.54. The van der Waals surface area contributed by atoms with Crippen molar-refractivity contribution in [3.05, 3.63) is 29.8 Å². The monoisotopic (exact) mass is 611 g/mol. The Kier molecular flexibility index (Phi) is 16.5. The number of amides is 5. The molecule has 0 fully saturated rings. The van der Waals surface area contributed by atoms with Crippen LogP contribution < -0.4 is 27.0 Å². The number of nitrogens with one attached hydrogen (secondary N) is 4. The molecule has 2 atom stereocenters. The molecule has 1 aromatic carbocycles. The summed E-state index contributed by atoms with van der Waals surface area (Å²) >= 11 is 3.38. The molecule has 0 saturated carbocycles. The minimum Gasteiger partial charge on any atom is -0.466 e. The molecule has 12 heteroatoms. The van der Waals surface area contributed by atoms with Crippen molar-refractivity contribution in [2.75, 3.05) is 18.5 Å². The molecule has 0 bridgehead atoms. The molecule has 39 heavy (non-hydrogen) atoms. The molecule has 0 unspecified atom stereocenters. The summed E-state index contributed by atoms with van der Waals surface area (Å²) < 4.78 is 4.89. The van der Waals surface area contributed by atoms with Crippen LogP contribution in [0.1, 0.15) is 71.3 Å². The maximum absolute atomic E-state index is 13.2. The predicted octanol–water partition coefficient (Wildman–Crippen LogP) is 3.11. The molecule has 0 radical (unpaired) electrons. The van der Waals surface area contributed by atoms with Gasteiger partial charge >= 0.3 is 12.0 Å². The summed E-state index contributed by atoms with van der Waals surface area (Å²) in [4.78, 5) is 61.2. The standard InChI is InChI=1S/C27H42BrN5O6/c1-4-39-23(35)11-7-5-6-10-22(34)33-24(18(2)3)26(37)32-21(9-8-16-30-27(29)38)25(36)31-20-14-12-19(17-28)13-15-20/h12-15,18,21,24H,4-11,16-17H2,1-3H3,(H,31,36)(H,32,37)(H,33,34)(H3,29,30,38)/t21-,24-/m0/s1. The first-order chi connectivity index (χ1) is 18.6. The van der Waals surface area contributed by atoms with Gasteiger partial charge in [0, 0.05) is 30.4 Å². The average Bonchev–Trinajstić information content (AvgIpc) is 2.88. The molecule has 218 valence electrons. The maximum atomic E-state index is 13.2. The van der Waals surface area contributed by atoms with Crippen LogP contribution in [0, 0.1) is 5.92 Å². The average molecular weight is 613 g/mol. The second-order valence-corrected chi connectivity index (χ2v) is 10.0. The SMILES string of the molecule is CCOC(=O)CCCCCC(=O)N[C@H](C(=O)N[C@@H](CCCNC(N)=O)C(=O)Nc1ccc(CBr)cc1)C(C)C. The molecule has 0 aromatic heterocycles. The van der Waals surface area contributed by atoms with E-state index >= 15 is 0 Å². The van der Waals surface area contributed by atoms with Gasteiger partial charge in [-0.15, -0.1) is 0 Å². The normalized spacial score (nSPS) is 12.2. The van der Waals surface area contributed by atoms with Crippen LogP contribution in [0.3, 0.4) is 0 Å². The number of hydrogen-bond acceptors (Lipinski definition) is 6. The van der Waals surface area contributed by atoms with Crippen molar-refractivity contribution >= 4 is 51.3 Å². The number of hydrogen-bond donors (Lipinski definition) is 5. The summed E-state index contributed by atoms with van der Waals surface area (Å²) in [5, 5.41) is 11.5. The molecule has 5 amide bonds. The molecule has 0 heterocycles. The number of ether oxygens (including phenoxy) is 1. The highest BCUT2D eigenvalue weighted by atomic mass is 79.9. The van der Waals surface area contributed by atoms with Crippen molar-refractivity contribution < 1.29 is 28.7 Å². The number of urea groups is 1. The molecule has 11 nitrogen and oxygen atoms in total. The van der Waals surface area contributed by atoms with Gasteiger partial charge in [0.25, 0.3) is 0 Å². The third kappa shape index (κ3) is 14.5. The fourth-order valence-electron chi connectivity index (χ4n) is 3.70. The summed E-state index contributed by atoms with van der Waals surface area (Å²) in [5.41, 5.74) is 6.73. The molecular formula is C27H42BrN5O6. The van der Waals surface area contributed by atoms with Crippen LogP contribution in [0.4, 0.5) is 10.5 Å². The van der Waals surface area contributed by atoms with Crippen LogP contribution >= 0.6 is 15.9 Å². The van der Waals surface area contributed by atoms with E-state index in [1.54, 1.807) is 32.9 Å². The summed E-state index contributed by atoms with van der Waals surface area (Å²) in [6, 6.07) is 4.87. The minimum absolute atomic E-state index is 0.215. The van der Waals surface area contributed by atoms with Gasteiger partial charge < -0.3 is 31.7 Å². The predicted molar refractivity (Wildman–Crippen MR) is 153 cm³/mol. The number of halogens is 1. The minimum atomic E-state index is -0.899. The zero-order valence-corrected chi connectivity index (χ0v) is 24.6. The summed E-state index contributed by atoms with van der Waals surface area (Å²) in [6.45, 7) is 5.96. The van der Waals surface area contributed by atoms with Gasteiger partial charge in [-0.25, -0.2) is 4.79 Å². The smallest absolute Gasteiger partial charge is 0.312 e. The zero-order chi connectivity index (χ0) is 29.2. The van der Waals surface area contributed by atoms with Crippen LogP contribution in [0.15, 0.2) is 24.3 Å². The third-order valence-electron chi connectivity index (χ3n) is 5.83. The Morgan fingerprint density at radius 1 is 0.923 bits per heavy atom. The first-order valence-corrected chi connectivity index (χ1v) is 14.4. The molecule has 0 aliphatic rings. The Hall–Kier alpha value is -3.15. The highest BCUT2D eigenvalue weighted by molar-refractivity contribution is 9.08.